The molecule has 1 aromatic heterocycles. The van der Waals surface area contributed by atoms with Gasteiger partial charge in [-0.1, -0.05) is 25.0 Å². The average molecular weight is 832 g/mol. The van der Waals surface area contributed by atoms with Crippen molar-refractivity contribution in [1.29, 1.82) is 0 Å². The van der Waals surface area contributed by atoms with E-state index in [0.29, 0.717) is 72.9 Å². The predicted octanol–water partition coefficient (Wildman–Crippen LogP) is 5.15. The molecule has 3 N–H and O–H groups in total. The minimum absolute atomic E-state index is 0.0392. The number of rotatable bonds is 6. The number of sulfonamides is 1. The fraction of sp³-hybridized carbons (Fsp3) is 0.625. The van der Waals surface area contributed by atoms with Gasteiger partial charge in [0.2, 0.25) is 21.8 Å². The highest BCUT2D eigenvalue weighted by molar-refractivity contribution is 7.91. The zero-order chi connectivity index (χ0) is 41.5. The van der Waals surface area contributed by atoms with Crippen molar-refractivity contribution in [1.82, 2.24) is 25.2 Å². The Morgan fingerprint density at radius 3 is 2.52 bits per heavy atom. The number of carbonyl (C=O) groups is 4. The van der Waals surface area contributed by atoms with Gasteiger partial charge in [-0.2, -0.15) is 0 Å². The van der Waals surface area contributed by atoms with Crippen molar-refractivity contribution in [2.75, 3.05) is 6.54 Å². The first-order chi connectivity index (χ1) is 27.2. The molecule has 2 aromatic rings. The molecule has 3 saturated carbocycles. The Labute approximate surface area is 334 Å². The molecule has 6 aliphatic rings. The number of aryl methyl sites for hydroxylation is 2. The summed E-state index contributed by atoms with van der Waals surface area (Å²) in [6.45, 7) is 4.97. The molecule has 14 nitrogen and oxygen atoms in total. The zero-order valence-electron chi connectivity index (χ0n) is 32.6. The lowest BCUT2D eigenvalue weighted by atomic mass is 9.87. The molecule has 0 bridgehead atoms. The van der Waals surface area contributed by atoms with Gasteiger partial charge in [-0.05, 0) is 103 Å². The SMILES string of the molecule is Cc1nc2ccc(OC(F)(F)F)cc2c2c1O[C@]1(CC2)C[C@H]2C(=O)N[C@]3(C(=O)NS(=O)(=O)C4(C)CC4)C[C@@H]3/C=C\CCCCC[C@H](NC(=O)OC3(C)CC3)C(=O)N2C1. The van der Waals surface area contributed by atoms with Crippen LogP contribution in [0.4, 0.5) is 18.0 Å². The molecule has 8 rings (SSSR count). The Hall–Kier alpha value is -4.61. The number of pyridine rings is 1. The first-order valence-corrected chi connectivity index (χ1v) is 21.5. The highest BCUT2D eigenvalue weighted by Crippen LogP contribution is 2.49. The highest BCUT2D eigenvalue weighted by Gasteiger charge is 2.64. The number of ether oxygens (including phenoxy) is 3. The van der Waals surface area contributed by atoms with Crippen LogP contribution in [0.3, 0.4) is 0 Å². The smallest absolute Gasteiger partial charge is 0.483 e. The molecule has 18 heteroatoms. The van der Waals surface area contributed by atoms with Crippen LogP contribution in [0.5, 0.6) is 11.5 Å². The number of allylic oxidation sites excluding steroid dienone is 1. The van der Waals surface area contributed by atoms with Gasteiger partial charge in [0.1, 0.15) is 40.3 Å². The number of nitrogens with one attached hydrogen (secondary N) is 3. The van der Waals surface area contributed by atoms with Gasteiger partial charge in [-0.25, -0.2) is 18.2 Å². The van der Waals surface area contributed by atoms with Gasteiger partial charge in [0.15, 0.2) is 0 Å². The normalized spacial score (nSPS) is 30.6. The fourth-order valence-electron chi connectivity index (χ4n) is 8.54. The minimum Gasteiger partial charge on any atom is -0.483 e. The molecule has 314 valence electrons. The fourth-order valence-corrected chi connectivity index (χ4v) is 9.85. The van der Waals surface area contributed by atoms with Gasteiger partial charge in [-0.3, -0.25) is 19.1 Å². The third-order valence-corrected chi connectivity index (χ3v) is 14.9. The second kappa shape index (κ2) is 14.0. The number of benzene rings is 1. The van der Waals surface area contributed by atoms with E-state index in [4.69, 9.17) is 9.47 Å². The summed E-state index contributed by atoms with van der Waals surface area (Å²) in [4.78, 5) is 62.4. The van der Waals surface area contributed by atoms with E-state index < -0.39 is 85.4 Å². The summed E-state index contributed by atoms with van der Waals surface area (Å²) < 4.78 is 83.5. The Bertz CT molecular complexity index is 2210. The van der Waals surface area contributed by atoms with Crippen LogP contribution >= 0.6 is 0 Å². The Balaban J connectivity index is 1.13. The van der Waals surface area contributed by atoms with Crippen molar-refractivity contribution in [2.24, 2.45) is 5.92 Å². The van der Waals surface area contributed by atoms with Crippen molar-refractivity contribution < 1.29 is 55.0 Å². The van der Waals surface area contributed by atoms with E-state index in [-0.39, 0.29) is 32.2 Å². The minimum atomic E-state index is -4.90. The molecule has 0 unspecified atom stereocenters. The monoisotopic (exact) mass is 831 g/mol. The van der Waals surface area contributed by atoms with E-state index in [1.54, 1.807) is 20.8 Å². The van der Waals surface area contributed by atoms with Crippen molar-refractivity contribution in [3.05, 3.63) is 41.6 Å². The van der Waals surface area contributed by atoms with Crippen LogP contribution in [-0.4, -0.2) is 88.6 Å². The maximum Gasteiger partial charge on any atom is 0.573 e. The van der Waals surface area contributed by atoms with E-state index in [2.05, 4.69) is 25.1 Å². The van der Waals surface area contributed by atoms with Crippen molar-refractivity contribution in [2.45, 2.75) is 144 Å². The summed E-state index contributed by atoms with van der Waals surface area (Å²) in [6, 6.07) is 1.61. The maximum atomic E-state index is 14.7. The van der Waals surface area contributed by atoms with Crippen molar-refractivity contribution in [3.63, 3.8) is 0 Å². The molecule has 4 heterocycles. The van der Waals surface area contributed by atoms with Gasteiger partial charge in [-0.15, -0.1) is 13.2 Å². The molecule has 58 heavy (non-hydrogen) atoms. The summed E-state index contributed by atoms with van der Waals surface area (Å²) in [6.07, 6.45) is 3.90. The van der Waals surface area contributed by atoms with Crippen LogP contribution in [0.15, 0.2) is 30.4 Å². The second-order valence-electron chi connectivity index (χ2n) is 17.5. The average Bonchev–Trinajstić information content (AvgIpc) is 4.10. The number of hydrogen-bond acceptors (Lipinski definition) is 10. The molecular weight excluding hydrogens is 784 g/mol. The van der Waals surface area contributed by atoms with Crippen LogP contribution in [0.25, 0.3) is 10.9 Å². The number of alkyl carbamates (subject to hydrolysis) is 1. The van der Waals surface area contributed by atoms with E-state index in [1.807, 2.05) is 12.2 Å². The predicted molar refractivity (Wildman–Crippen MR) is 202 cm³/mol. The maximum absolute atomic E-state index is 14.7. The first kappa shape index (κ1) is 40.2. The summed E-state index contributed by atoms with van der Waals surface area (Å²) in [5, 5.41) is 6.04. The quantitative estimate of drug-likeness (QED) is 0.330. The molecule has 4 fully saturated rings. The molecule has 1 saturated heterocycles. The number of fused-ring (bicyclic) bond motifs is 5. The second-order valence-corrected chi connectivity index (χ2v) is 19.7. The van der Waals surface area contributed by atoms with E-state index in [0.717, 1.165) is 12.8 Å². The van der Waals surface area contributed by atoms with Crippen LogP contribution in [0.1, 0.15) is 102 Å². The number of hydrogen-bond donors (Lipinski definition) is 3. The van der Waals surface area contributed by atoms with E-state index >= 15 is 0 Å². The zero-order valence-corrected chi connectivity index (χ0v) is 33.4. The van der Waals surface area contributed by atoms with Gasteiger partial charge in [0.05, 0.1) is 22.5 Å². The number of alkyl halides is 3. The molecule has 1 spiro atoms. The molecule has 3 aliphatic heterocycles. The van der Waals surface area contributed by atoms with Crippen molar-refractivity contribution in [3.8, 4) is 11.5 Å². The van der Waals surface area contributed by atoms with Crippen LogP contribution in [0.2, 0.25) is 0 Å². The van der Waals surface area contributed by atoms with Crippen LogP contribution in [0, 0.1) is 12.8 Å². The lowest BCUT2D eigenvalue weighted by Crippen LogP contribution is -2.58. The Morgan fingerprint density at radius 2 is 1.81 bits per heavy atom. The standard InChI is InChI=1S/C40H48F3N5O9S/c1-23-31-26(27-19-25(55-40(41,42)43)11-12-28(27)44-23)13-14-38(56-31)21-30-32(49)46-39(34(51)47-58(53,54)37(3)17-18-37)20-24(39)9-7-5-4-6-8-10-29(33(50)48(30)22-38)45-35(52)57-36(2)15-16-36/h7,9,11-12,19,24,29-30H,4-6,8,10,13-18,20-22H2,1-3H3,(H,45,52)(H,46,49)(H,47,51)/b9-7-/t24-,29-,30-,38+,39+/m0/s1. The lowest BCUT2D eigenvalue weighted by Gasteiger charge is -2.36. The Morgan fingerprint density at radius 1 is 1.05 bits per heavy atom. The third kappa shape index (κ3) is 7.79. The third-order valence-electron chi connectivity index (χ3n) is 12.8. The molecule has 0 radical (unpaired) electrons. The molecule has 4 amide bonds. The summed E-state index contributed by atoms with van der Waals surface area (Å²) in [7, 11) is -4.05. The number of carbonyl (C=O) groups excluding carboxylic acids is 4. The number of aromatic nitrogens is 1. The van der Waals surface area contributed by atoms with E-state index in [9.17, 15) is 40.8 Å². The molecule has 1 aromatic carbocycles. The summed E-state index contributed by atoms with van der Waals surface area (Å²) in [5.74, 6) is -2.68. The van der Waals surface area contributed by atoms with E-state index in [1.165, 1.54) is 23.1 Å². The van der Waals surface area contributed by atoms with Gasteiger partial charge in [0.25, 0.3) is 5.91 Å². The highest BCUT2D eigenvalue weighted by atomic mass is 32.2. The first-order valence-electron chi connectivity index (χ1n) is 20.0. The van der Waals surface area contributed by atoms with Gasteiger partial charge in [0, 0.05) is 23.3 Å². The number of halogens is 3. The van der Waals surface area contributed by atoms with Crippen LogP contribution < -0.4 is 24.8 Å². The van der Waals surface area contributed by atoms with Gasteiger partial charge >= 0.3 is 12.5 Å². The Kier molecular flexibility index (Phi) is 9.70. The number of nitrogens with zero attached hydrogens (tertiary/aromatic N) is 2. The van der Waals surface area contributed by atoms with Gasteiger partial charge < -0.3 is 29.7 Å². The molecular formula is C40H48F3N5O9S. The molecule has 5 atom stereocenters. The van der Waals surface area contributed by atoms with Crippen LogP contribution in [-0.2, 0) is 35.6 Å². The summed E-state index contributed by atoms with van der Waals surface area (Å²) >= 11 is 0. The number of amides is 4. The lowest BCUT2D eigenvalue weighted by molar-refractivity contribution is -0.274. The largest absolute Gasteiger partial charge is 0.573 e. The summed E-state index contributed by atoms with van der Waals surface area (Å²) in [5.41, 5.74) is -1.88. The molecule has 3 aliphatic carbocycles. The van der Waals surface area contributed by atoms with Crippen molar-refractivity contribution >= 4 is 44.7 Å². The topological polar surface area (TPSA) is 182 Å².